The molecular weight excluding hydrogens is 242 g/mol. The molecule has 100 valence electrons. The van der Waals surface area contributed by atoms with Crippen molar-refractivity contribution < 1.29 is 4.74 Å². The maximum atomic E-state index is 5.90. The van der Waals surface area contributed by atoms with Crippen LogP contribution in [-0.4, -0.2) is 33.0 Å². The Kier molecular flexibility index (Phi) is 3.16. The summed E-state index contributed by atoms with van der Waals surface area (Å²) < 4.78 is 7.12. The van der Waals surface area contributed by atoms with Crippen LogP contribution in [0.15, 0.2) is 18.5 Å². The van der Waals surface area contributed by atoms with E-state index >= 15 is 0 Å². The lowest BCUT2D eigenvalue weighted by Crippen LogP contribution is -2.17. The van der Waals surface area contributed by atoms with E-state index in [2.05, 4.69) is 15.1 Å². The Morgan fingerprint density at radius 3 is 2.79 bits per heavy atom. The maximum Gasteiger partial charge on any atom is 0.134 e. The zero-order valence-electron chi connectivity index (χ0n) is 10.9. The van der Waals surface area contributed by atoms with E-state index in [-0.39, 0.29) is 0 Å². The summed E-state index contributed by atoms with van der Waals surface area (Å²) in [5, 5.41) is 4.16. The molecule has 3 heterocycles. The van der Waals surface area contributed by atoms with E-state index in [1.54, 1.807) is 16.9 Å². The number of nitrogens with zero attached hydrogens (tertiary/aromatic N) is 4. The van der Waals surface area contributed by atoms with Gasteiger partial charge < -0.3 is 10.5 Å². The fraction of sp³-hybridized carbons (Fsp3) is 0.462. The fourth-order valence-corrected chi connectivity index (χ4v) is 2.33. The van der Waals surface area contributed by atoms with E-state index in [4.69, 9.17) is 10.5 Å². The van der Waals surface area contributed by atoms with Gasteiger partial charge in [-0.25, -0.2) is 9.97 Å². The minimum atomic E-state index is 0.340. The smallest absolute Gasteiger partial charge is 0.134 e. The molecule has 0 amide bonds. The van der Waals surface area contributed by atoms with Crippen molar-refractivity contribution in [3.8, 4) is 11.3 Å². The average Bonchev–Trinajstić information content (AvgIpc) is 2.86. The summed E-state index contributed by atoms with van der Waals surface area (Å²) >= 11 is 0. The zero-order chi connectivity index (χ0) is 13.2. The second-order valence-corrected chi connectivity index (χ2v) is 4.83. The van der Waals surface area contributed by atoms with Crippen molar-refractivity contribution in [2.24, 2.45) is 7.05 Å². The van der Waals surface area contributed by atoms with Crippen LogP contribution in [0.3, 0.4) is 0 Å². The van der Waals surface area contributed by atoms with Gasteiger partial charge in [0.1, 0.15) is 11.6 Å². The first-order chi connectivity index (χ1) is 9.22. The van der Waals surface area contributed by atoms with Crippen molar-refractivity contribution >= 4 is 5.82 Å². The number of aryl methyl sites for hydroxylation is 1. The largest absolute Gasteiger partial charge is 0.384 e. The molecule has 3 rings (SSSR count). The third-order valence-electron chi connectivity index (χ3n) is 3.35. The molecule has 1 saturated heterocycles. The predicted molar refractivity (Wildman–Crippen MR) is 71.4 cm³/mol. The van der Waals surface area contributed by atoms with Crippen molar-refractivity contribution in [2.75, 3.05) is 18.9 Å². The van der Waals surface area contributed by atoms with Crippen molar-refractivity contribution in [2.45, 2.75) is 18.8 Å². The fourth-order valence-electron chi connectivity index (χ4n) is 2.33. The molecule has 1 aliphatic heterocycles. The molecule has 1 fully saturated rings. The lowest BCUT2D eigenvalue weighted by atomic mass is 9.99. The molecule has 19 heavy (non-hydrogen) atoms. The monoisotopic (exact) mass is 259 g/mol. The van der Waals surface area contributed by atoms with Crippen LogP contribution in [-0.2, 0) is 11.8 Å². The second kappa shape index (κ2) is 4.97. The lowest BCUT2D eigenvalue weighted by molar-refractivity contribution is 0.0836. The summed E-state index contributed by atoms with van der Waals surface area (Å²) in [4.78, 5) is 9.01. The van der Waals surface area contributed by atoms with Crippen LogP contribution in [0.5, 0.6) is 0 Å². The highest BCUT2D eigenvalue weighted by Crippen LogP contribution is 2.27. The molecule has 1 aliphatic rings. The number of rotatable bonds is 2. The highest BCUT2D eigenvalue weighted by Gasteiger charge is 2.20. The molecule has 0 bridgehead atoms. The van der Waals surface area contributed by atoms with Gasteiger partial charge in [0.25, 0.3) is 0 Å². The topological polar surface area (TPSA) is 78.9 Å². The molecule has 2 aromatic rings. The van der Waals surface area contributed by atoms with E-state index in [1.807, 2.05) is 13.2 Å². The molecular formula is C13H17N5O. The number of aromatic nitrogens is 4. The molecule has 6 heteroatoms. The highest BCUT2D eigenvalue weighted by molar-refractivity contribution is 5.60. The van der Waals surface area contributed by atoms with E-state index < -0.39 is 0 Å². The third-order valence-corrected chi connectivity index (χ3v) is 3.35. The SMILES string of the molecule is Cn1cc(-c2cc(N)nc(C3CCOCC3)n2)cn1. The van der Waals surface area contributed by atoms with Gasteiger partial charge in [-0.15, -0.1) is 0 Å². The number of nitrogens with two attached hydrogens (primary N) is 1. The molecule has 0 atom stereocenters. The van der Waals surface area contributed by atoms with E-state index in [9.17, 15) is 0 Å². The van der Waals surface area contributed by atoms with Gasteiger partial charge >= 0.3 is 0 Å². The lowest BCUT2D eigenvalue weighted by Gasteiger charge is -2.21. The second-order valence-electron chi connectivity index (χ2n) is 4.83. The number of nitrogen functional groups attached to an aromatic ring is 1. The maximum absolute atomic E-state index is 5.90. The van der Waals surface area contributed by atoms with Gasteiger partial charge in [-0.1, -0.05) is 0 Å². The van der Waals surface area contributed by atoms with E-state index in [0.29, 0.717) is 11.7 Å². The molecule has 0 aliphatic carbocycles. The molecule has 0 aromatic carbocycles. The highest BCUT2D eigenvalue weighted by atomic mass is 16.5. The Bertz CT molecular complexity index is 574. The number of ether oxygens (including phenoxy) is 1. The normalized spacial score (nSPS) is 16.7. The molecule has 0 radical (unpaired) electrons. The molecule has 0 spiro atoms. The zero-order valence-corrected chi connectivity index (χ0v) is 10.9. The number of anilines is 1. The Balaban J connectivity index is 1.95. The van der Waals surface area contributed by atoms with Crippen LogP contribution in [0, 0.1) is 0 Å². The van der Waals surface area contributed by atoms with Gasteiger partial charge in [0.2, 0.25) is 0 Å². The molecule has 2 N–H and O–H groups in total. The van der Waals surface area contributed by atoms with Crippen LogP contribution in [0.25, 0.3) is 11.3 Å². The summed E-state index contributed by atoms with van der Waals surface area (Å²) in [6.45, 7) is 1.54. The van der Waals surface area contributed by atoms with E-state index in [0.717, 1.165) is 43.1 Å². The van der Waals surface area contributed by atoms with Crippen LogP contribution < -0.4 is 5.73 Å². The molecule has 2 aromatic heterocycles. The van der Waals surface area contributed by atoms with Gasteiger partial charge in [-0.05, 0) is 12.8 Å². The van der Waals surface area contributed by atoms with Crippen LogP contribution in [0.4, 0.5) is 5.82 Å². The van der Waals surface area contributed by atoms with Crippen molar-refractivity contribution in [3.63, 3.8) is 0 Å². The number of hydrogen-bond donors (Lipinski definition) is 1. The van der Waals surface area contributed by atoms with Crippen molar-refractivity contribution in [3.05, 3.63) is 24.3 Å². The van der Waals surface area contributed by atoms with Gasteiger partial charge in [0, 0.05) is 44.0 Å². The Morgan fingerprint density at radius 1 is 1.32 bits per heavy atom. The summed E-state index contributed by atoms with van der Waals surface area (Å²) in [5.74, 6) is 1.67. The Labute approximate surface area is 111 Å². The Morgan fingerprint density at radius 2 is 2.11 bits per heavy atom. The quantitative estimate of drug-likeness (QED) is 0.880. The summed E-state index contributed by atoms with van der Waals surface area (Å²) in [6.07, 6.45) is 5.62. The first-order valence-corrected chi connectivity index (χ1v) is 6.43. The van der Waals surface area contributed by atoms with Gasteiger partial charge in [0.05, 0.1) is 11.9 Å². The van der Waals surface area contributed by atoms with Crippen LogP contribution >= 0.6 is 0 Å². The van der Waals surface area contributed by atoms with Crippen molar-refractivity contribution in [1.82, 2.24) is 19.7 Å². The summed E-state index contributed by atoms with van der Waals surface area (Å²) in [7, 11) is 1.88. The summed E-state index contributed by atoms with van der Waals surface area (Å²) in [5.41, 5.74) is 7.70. The van der Waals surface area contributed by atoms with Crippen molar-refractivity contribution in [1.29, 1.82) is 0 Å². The minimum absolute atomic E-state index is 0.340. The molecule has 0 saturated carbocycles. The standard InChI is InChI=1S/C13H17N5O/c1-18-8-10(7-15-18)11-6-12(14)17-13(16-11)9-2-4-19-5-3-9/h6-9H,2-5H2,1H3,(H2,14,16,17). The predicted octanol–water partition coefficient (Wildman–Crippen LogP) is 1.35. The average molecular weight is 259 g/mol. The van der Waals surface area contributed by atoms with E-state index in [1.165, 1.54) is 0 Å². The first-order valence-electron chi connectivity index (χ1n) is 6.43. The number of hydrogen-bond acceptors (Lipinski definition) is 5. The molecule has 6 nitrogen and oxygen atoms in total. The third kappa shape index (κ3) is 2.58. The summed E-state index contributed by atoms with van der Waals surface area (Å²) in [6, 6.07) is 1.79. The Hall–Kier alpha value is -1.95. The van der Waals surface area contributed by atoms with Crippen LogP contribution in [0.1, 0.15) is 24.6 Å². The minimum Gasteiger partial charge on any atom is -0.384 e. The first kappa shape index (κ1) is 12.1. The van der Waals surface area contributed by atoms with Gasteiger partial charge in [-0.2, -0.15) is 5.10 Å². The molecule has 0 unspecified atom stereocenters. The van der Waals surface area contributed by atoms with Crippen LogP contribution in [0.2, 0.25) is 0 Å². The van der Waals surface area contributed by atoms with Gasteiger partial charge in [-0.3, -0.25) is 4.68 Å². The van der Waals surface area contributed by atoms with Gasteiger partial charge in [0.15, 0.2) is 0 Å².